The summed E-state index contributed by atoms with van der Waals surface area (Å²) >= 11 is 0. The van der Waals surface area contributed by atoms with Gasteiger partial charge in [-0.1, -0.05) is 43.7 Å². The Morgan fingerprint density at radius 3 is 2.38 bits per heavy atom. The van der Waals surface area contributed by atoms with Crippen molar-refractivity contribution in [3.8, 4) is 0 Å². The maximum atomic E-state index is 12.6. The van der Waals surface area contributed by atoms with Crippen molar-refractivity contribution >= 4 is 17.6 Å². The number of aromatic nitrogens is 2. The molecule has 0 fully saturated rings. The second-order valence-electron chi connectivity index (χ2n) is 8.07. The minimum absolute atomic E-state index is 0.257. The van der Waals surface area contributed by atoms with Crippen molar-refractivity contribution in [2.45, 2.75) is 65.9 Å². The van der Waals surface area contributed by atoms with Gasteiger partial charge in [0.05, 0.1) is 5.69 Å². The maximum absolute atomic E-state index is 12.6. The highest BCUT2D eigenvalue weighted by atomic mass is 16.6. The summed E-state index contributed by atoms with van der Waals surface area (Å²) in [5.41, 5.74) is 1.55. The number of nitrogens with zero attached hydrogens (tertiary/aromatic N) is 2. The molecule has 0 aliphatic carbocycles. The van der Waals surface area contributed by atoms with Crippen LogP contribution in [0.3, 0.4) is 0 Å². The van der Waals surface area contributed by atoms with Gasteiger partial charge in [0, 0.05) is 24.6 Å². The summed E-state index contributed by atoms with van der Waals surface area (Å²) in [5.74, 6) is -0.409. The zero-order valence-electron chi connectivity index (χ0n) is 17.9. The molecule has 0 aliphatic heterocycles. The van der Waals surface area contributed by atoms with E-state index in [9.17, 15) is 14.7 Å². The minimum Gasteiger partial charge on any atom is -0.478 e. The van der Waals surface area contributed by atoms with Crippen molar-refractivity contribution in [3.05, 3.63) is 59.2 Å². The van der Waals surface area contributed by atoms with Gasteiger partial charge in [0.1, 0.15) is 11.4 Å². The topological polar surface area (TPSA) is 81.4 Å². The predicted octanol–water partition coefficient (Wildman–Crippen LogP) is 5.11. The Morgan fingerprint density at radius 2 is 1.83 bits per heavy atom. The van der Waals surface area contributed by atoms with E-state index in [2.05, 4.69) is 11.9 Å². The molecule has 2 aromatic rings. The van der Waals surface area contributed by atoms with Crippen molar-refractivity contribution in [2.75, 3.05) is 0 Å². The monoisotopic (exact) mass is 398 g/mol. The standard InChI is InChI=1S/C23H30N2O4/c1-6-7-13-20-24-19(15-25(20)22(28)29-23(3,4)5)16(2)18(21(26)27)14-17-11-9-8-10-12-17/h8-12,15H,6-7,13-14H2,1-5H3,(H,26,27)/b18-16+. The van der Waals surface area contributed by atoms with Crippen LogP contribution in [0.5, 0.6) is 0 Å². The highest BCUT2D eigenvalue weighted by molar-refractivity contribution is 5.96. The number of rotatable bonds is 7. The van der Waals surface area contributed by atoms with Crippen molar-refractivity contribution < 1.29 is 19.4 Å². The summed E-state index contributed by atoms with van der Waals surface area (Å²) in [4.78, 5) is 29.1. The number of ether oxygens (including phenoxy) is 1. The number of allylic oxidation sites excluding steroid dienone is 1. The Morgan fingerprint density at radius 1 is 1.17 bits per heavy atom. The van der Waals surface area contributed by atoms with Crippen LogP contribution in [-0.2, 0) is 22.4 Å². The van der Waals surface area contributed by atoms with Crippen LogP contribution >= 0.6 is 0 Å². The quantitative estimate of drug-likeness (QED) is 0.656. The molecule has 0 atom stereocenters. The Balaban J connectivity index is 2.45. The van der Waals surface area contributed by atoms with Gasteiger partial charge in [-0.3, -0.25) is 0 Å². The van der Waals surface area contributed by atoms with Crippen molar-refractivity contribution in [1.82, 2.24) is 9.55 Å². The highest BCUT2D eigenvalue weighted by Gasteiger charge is 2.23. The molecule has 0 spiro atoms. The number of carboxylic acid groups (broad SMARTS) is 1. The molecule has 1 heterocycles. The molecular weight excluding hydrogens is 368 g/mol. The molecule has 0 amide bonds. The lowest BCUT2D eigenvalue weighted by atomic mass is 9.99. The fraction of sp³-hybridized carbons (Fsp3) is 0.435. The average Bonchev–Trinajstić information content (AvgIpc) is 3.07. The van der Waals surface area contributed by atoms with Crippen molar-refractivity contribution in [2.24, 2.45) is 0 Å². The zero-order chi connectivity index (χ0) is 21.6. The van der Waals surface area contributed by atoms with E-state index in [1.165, 1.54) is 4.57 Å². The number of carbonyl (C=O) groups excluding carboxylic acids is 1. The van der Waals surface area contributed by atoms with E-state index in [0.29, 0.717) is 23.5 Å². The Labute approximate surface area is 172 Å². The Kier molecular flexibility index (Phi) is 7.37. The van der Waals surface area contributed by atoms with Gasteiger partial charge in [-0.15, -0.1) is 0 Å². The third-order valence-electron chi connectivity index (χ3n) is 4.44. The number of hydrogen-bond donors (Lipinski definition) is 1. The fourth-order valence-corrected chi connectivity index (χ4v) is 2.90. The predicted molar refractivity (Wildman–Crippen MR) is 113 cm³/mol. The fourth-order valence-electron chi connectivity index (χ4n) is 2.90. The van der Waals surface area contributed by atoms with Gasteiger partial charge in [-0.2, -0.15) is 0 Å². The average molecular weight is 399 g/mol. The molecule has 6 heteroatoms. The molecule has 0 bridgehead atoms. The van der Waals surface area contributed by atoms with E-state index in [-0.39, 0.29) is 12.0 Å². The highest BCUT2D eigenvalue weighted by Crippen LogP contribution is 2.23. The third kappa shape index (κ3) is 6.31. The normalized spacial score (nSPS) is 12.4. The zero-order valence-corrected chi connectivity index (χ0v) is 17.9. The van der Waals surface area contributed by atoms with Crippen LogP contribution in [-0.4, -0.2) is 32.3 Å². The Hall–Kier alpha value is -2.89. The molecule has 29 heavy (non-hydrogen) atoms. The number of carboxylic acids is 1. The van der Waals surface area contributed by atoms with Crippen molar-refractivity contribution in [1.29, 1.82) is 0 Å². The van der Waals surface area contributed by atoms with Crippen LogP contribution in [0, 0.1) is 0 Å². The first-order valence-electron chi connectivity index (χ1n) is 9.91. The Bertz CT molecular complexity index is 889. The second-order valence-corrected chi connectivity index (χ2v) is 8.07. The van der Waals surface area contributed by atoms with Crippen molar-refractivity contribution in [3.63, 3.8) is 0 Å². The summed E-state index contributed by atoms with van der Waals surface area (Å²) in [7, 11) is 0. The molecule has 0 unspecified atom stereocenters. The number of imidazole rings is 1. The van der Waals surface area contributed by atoms with Crippen LogP contribution in [0.15, 0.2) is 42.1 Å². The lowest BCUT2D eigenvalue weighted by Gasteiger charge is -2.20. The SMILES string of the molecule is CCCCc1nc(/C(C)=C(\Cc2ccccc2)C(=O)O)cn1C(=O)OC(C)(C)C. The van der Waals surface area contributed by atoms with Gasteiger partial charge in [-0.25, -0.2) is 19.1 Å². The van der Waals surface area contributed by atoms with Gasteiger partial charge in [0.25, 0.3) is 0 Å². The van der Waals surface area contributed by atoms with E-state index in [1.54, 1.807) is 13.1 Å². The summed E-state index contributed by atoms with van der Waals surface area (Å²) < 4.78 is 6.90. The van der Waals surface area contributed by atoms with Gasteiger partial charge in [0.15, 0.2) is 0 Å². The lowest BCUT2D eigenvalue weighted by molar-refractivity contribution is -0.132. The molecule has 1 aromatic heterocycles. The van der Waals surface area contributed by atoms with Crippen LogP contribution in [0.2, 0.25) is 0 Å². The minimum atomic E-state index is -0.992. The first-order valence-corrected chi connectivity index (χ1v) is 9.91. The number of benzene rings is 1. The summed E-state index contributed by atoms with van der Waals surface area (Å²) in [6.45, 7) is 9.22. The van der Waals surface area contributed by atoms with Gasteiger partial charge in [-0.05, 0) is 45.3 Å². The smallest absolute Gasteiger partial charge is 0.420 e. The number of unbranched alkanes of at least 4 members (excludes halogenated alkanes) is 1. The summed E-state index contributed by atoms with van der Waals surface area (Å²) in [6.07, 6.45) is 3.81. The van der Waals surface area contributed by atoms with Gasteiger partial charge >= 0.3 is 12.1 Å². The third-order valence-corrected chi connectivity index (χ3v) is 4.44. The number of carbonyl (C=O) groups is 2. The second kappa shape index (κ2) is 9.54. The molecule has 1 N–H and O–H groups in total. The summed E-state index contributed by atoms with van der Waals surface area (Å²) in [5, 5.41) is 9.76. The molecule has 2 rings (SSSR count). The first-order chi connectivity index (χ1) is 13.6. The van der Waals surface area contributed by atoms with Crippen LogP contribution in [0.4, 0.5) is 4.79 Å². The molecule has 0 radical (unpaired) electrons. The van der Waals surface area contributed by atoms with E-state index in [0.717, 1.165) is 18.4 Å². The van der Waals surface area contributed by atoms with E-state index >= 15 is 0 Å². The summed E-state index contributed by atoms with van der Waals surface area (Å²) in [6, 6.07) is 9.43. The molecule has 0 aliphatic rings. The largest absolute Gasteiger partial charge is 0.478 e. The molecule has 0 saturated heterocycles. The van der Waals surface area contributed by atoms with E-state index in [4.69, 9.17) is 4.74 Å². The molecule has 0 saturated carbocycles. The number of aryl methyl sites for hydroxylation is 1. The van der Waals surface area contributed by atoms with Gasteiger partial charge < -0.3 is 9.84 Å². The molecular formula is C23H30N2O4. The first kappa shape index (κ1) is 22.4. The maximum Gasteiger partial charge on any atom is 0.420 e. The molecule has 1 aromatic carbocycles. The van der Waals surface area contributed by atoms with Crippen LogP contribution in [0.1, 0.15) is 64.5 Å². The molecule has 156 valence electrons. The van der Waals surface area contributed by atoms with Gasteiger partial charge in [0.2, 0.25) is 0 Å². The number of hydrogen-bond acceptors (Lipinski definition) is 4. The van der Waals surface area contributed by atoms with Crippen LogP contribution < -0.4 is 0 Å². The van der Waals surface area contributed by atoms with E-state index < -0.39 is 17.7 Å². The van der Waals surface area contributed by atoms with E-state index in [1.807, 2.05) is 51.1 Å². The number of aliphatic carboxylic acids is 1. The molecule has 6 nitrogen and oxygen atoms in total. The van der Waals surface area contributed by atoms with Crippen LogP contribution in [0.25, 0.3) is 5.57 Å². The lowest BCUT2D eigenvalue weighted by Crippen LogP contribution is -2.27.